The number of aryl methyl sites for hydroxylation is 2. The van der Waals surface area contributed by atoms with Crippen LogP contribution < -0.4 is 0 Å². The second-order valence-electron chi connectivity index (χ2n) is 4.51. The Balaban J connectivity index is 2.26. The average Bonchev–Trinajstić information content (AvgIpc) is 2.25. The molecule has 0 spiro atoms. The van der Waals surface area contributed by atoms with Gasteiger partial charge in [-0.3, -0.25) is 0 Å². The predicted octanol–water partition coefficient (Wildman–Crippen LogP) is 3.28. The Labute approximate surface area is 105 Å². The SMILES string of the molecule is Cc1cc(C2CC(O)CCO2)cc(C)c1Br. The molecule has 1 heterocycles. The van der Waals surface area contributed by atoms with Gasteiger partial charge in [0.2, 0.25) is 0 Å². The van der Waals surface area contributed by atoms with Gasteiger partial charge in [-0.1, -0.05) is 28.1 Å². The van der Waals surface area contributed by atoms with Crippen molar-refractivity contribution in [3.63, 3.8) is 0 Å². The summed E-state index contributed by atoms with van der Waals surface area (Å²) < 4.78 is 6.87. The monoisotopic (exact) mass is 284 g/mol. The first-order valence-corrected chi connectivity index (χ1v) is 6.43. The predicted molar refractivity (Wildman–Crippen MR) is 67.5 cm³/mol. The van der Waals surface area contributed by atoms with Crippen molar-refractivity contribution < 1.29 is 9.84 Å². The van der Waals surface area contributed by atoms with Gasteiger partial charge in [0.25, 0.3) is 0 Å². The van der Waals surface area contributed by atoms with E-state index < -0.39 is 0 Å². The van der Waals surface area contributed by atoms with E-state index in [0.29, 0.717) is 13.0 Å². The largest absolute Gasteiger partial charge is 0.393 e. The summed E-state index contributed by atoms with van der Waals surface area (Å²) in [5, 5.41) is 9.64. The van der Waals surface area contributed by atoms with Crippen LogP contribution in [-0.4, -0.2) is 17.8 Å². The molecular formula is C13H17BrO2. The van der Waals surface area contributed by atoms with Crippen molar-refractivity contribution in [2.45, 2.75) is 38.9 Å². The molecule has 0 aromatic heterocycles. The van der Waals surface area contributed by atoms with E-state index in [1.807, 2.05) is 0 Å². The van der Waals surface area contributed by atoms with Gasteiger partial charge in [0.05, 0.1) is 12.2 Å². The molecule has 3 heteroatoms. The minimum atomic E-state index is -0.219. The second-order valence-corrected chi connectivity index (χ2v) is 5.30. The topological polar surface area (TPSA) is 29.5 Å². The minimum Gasteiger partial charge on any atom is -0.393 e. The molecule has 2 unspecified atom stereocenters. The third-order valence-electron chi connectivity index (χ3n) is 3.09. The Bertz CT molecular complexity index is 367. The highest BCUT2D eigenvalue weighted by Gasteiger charge is 2.22. The van der Waals surface area contributed by atoms with Crippen LogP contribution in [0.5, 0.6) is 0 Å². The summed E-state index contributed by atoms with van der Waals surface area (Å²) in [7, 11) is 0. The minimum absolute atomic E-state index is 0.0502. The molecule has 1 aromatic carbocycles. The molecule has 0 saturated carbocycles. The maximum Gasteiger partial charge on any atom is 0.0849 e. The highest BCUT2D eigenvalue weighted by atomic mass is 79.9. The molecule has 0 aliphatic carbocycles. The van der Waals surface area contributed by atoms with Crippen LogP contribution in [0.4, 0.5) is 0 Å². The first kappa shape index (κ1) is 12.1. The molecule has 0 amide bonds. The molecule has 1 aliphatic heterocycles. The number of halogens is 1. The number of aliphatic hydroxyl groups is 1. The van der Waals surface area contributed by atoms with Gasteiger partial charge in [0.1, 0.15) is 0 Å². The van der Waals surface area contributed by atoms with Gasteiger partial charge in [0, 0.05) is 17.5 Å². The van der Waals surface area contributed by atoms with Crippen LogP contribution in [0.3, 0.4) is 0 Å². The van der Waals surface area contributed by atoms with Gasteiger partial charge >= 0.3 is 0 Å². The van der Waals surface area contributed by atoms with Gasteiger partial charge < -0.3 is 9.84 Å². The van der Waals surface area contributed by atoms with E-state index in [2.05, 4.69) is 41.9 Å². The van der Waals surface area contributed by atoms with Crippen LogP contribution in [0.15, 0.2) is 16.6 Å². The van der Waals surface area contributed by atoms with Crippen LogP contribution in [-0.2, 0) is 4.74 Å². The zero-order chi connectivity index (χ0) is 11.7. The lowest BCUT2D eigenvalue weighted by atomic mass is 9.96. The van der Waals surface area contributed by atoms with Gasteiger partial charge in [0.15, 0.2) is 0 Å². The van der Waals surface area contributed by atoms with E-state index in [-0.39, 0.29) is 12.2 Å². The van der Waals surface area contributed by atoms with E-state index in [1.54, 1.807) is 0 Å². The third-order valence-corrected chi connectivity index (χ3v) is 4.34. The number of hydrogen-bond acceptors (Lipinski definition) is 2. The fraction of sp³-hybridized carbons (Fsp3) is 0.538. The van der Waals surface area contributed by atoms with Crippen molar-refractivity contribution in [2.24, 2.45) is 0 Å². The molecule has 2 atom stereocenters. The molecule has 2 rings (SSSR count). The summed E-state index contributed by atoms with van der Waals surface area (Å²) in [5.41, 5.74) is 3.62. The third kappa shape index (κ3) is 2.47. The lowest BCUT2D eigenvalue weighted by Crippen LogP contribution is -2.23. The number of aliphatic hydroxyl groups excluding tert-OH is 1. The number of hydrogen-bond donors (Lipinski definition) is 1. The molecule has 0 bridgehead atoms. The summed E-state index contributed by atoms with van der Waals surface area (Å²) >= 11 is 3.56. The van der Waals surface area contributed by atoms with Gasteiger partial charge in [-0.25, -0.2) is 0 Å². The van der Waals surface area contributed by atoms with Crippen molar-refractivity contribution in [1.29, 1.82) is 0 Å². The number of rotatable bonds is 1. The van der Waals surface area contributed by atoms with Crippen LogP contribution in [0, 0.1) is 13.8 Å². The normalized spacial score (nSPS) is 25.8. The Morgan fingerprint density at radius 3 is 2.50 bits per heavy atom. The highest BCUT2D eigenvalue weighted by molar-refractivity contribution is 9.10. The number of benzene rings is 1. The van der Waals surface area contributed by atoms with Crippen molar-refractivity contribution in [1.82, 2.24) is 0 Å². The van der Waals surface area contributed by atoms with E-state index in [9.17, 15) is 5.11 Å². The maximum atomic E-state index is 9.64. The molecule has 1 aromatic rings. The molecule has 1 N–H and O–H groups in total. The zero-order valence-corrected chi connectivity index (χ0v) is 11.3. The molecule has 2 nitrogen and oxygen atoms in total. The molecule has 1 saturated heterocycles. The summed E-state index contributed by atoms with van der Waals surface area (Å²) in [5.74, 6) is 0. The summed E-state index contributed by atoms with van der Waals surface area (Å²) in [6.45, 7) is 4.82. The van der Waals surface area contributed by atoms with E-state index in [1.165, 1.54) is 16.7 Å². The fourth-order valence-corrected chi connectivity index (χ4v) is 2.41. The Morgan fingerprint density at radius 1 is 1.31 bits per heavy atom. The summed E-state index contributed by atoms with van der Waals surface area (Å²) in [6.07, 6.45) is 1.29. The molecule has 1 fully saturated rings. The zero-order valence-electron chi connectivity index (χ0n) is 9.66. The van der Waals surface area contributed by atoms with E-state index >= 15 is 0 Å². The first-order valence-electron chi connectivity index (χ1n) is 5.64. The van der Waals surface area contributed by atoms with Crippen LogP contribution in [0.1, 0.15) is 35.6 Å². The summed E-state index contributed by atoms with van der Waals surface area (Å²) in [6, 6.07) is 4.28. The second kappa shape index (κ2) is 4.86. The summed E-state index contributed by atoms with van der Waals surface area (Å²) in [4.78, 5) is 0. The lowest BCUT2D eigenvalue weighted by molar-refractivity contribution is -0.0448. The average molecular weight is 285 g/mol. The van der Waals surface area contributed by atoms with Crippen LogP contribution in [0.2, 0.25) is 0 Å². The van der Waals surface area contributed by atoms with Gasteiger partial charge in [-0.05, 0) is 37.0 Å². The first-order chi connectivity index (χ1) is 7.58. The smallest absolute Gasteiger partial charge is 0.0849 e. The molecule has 88 valence electrons. The van der Waals surface area contributed by atoms with Crippen molar-refractivity contribution in [2.75, 3.05) is 6.61 Å². The van der Waals surface area contributed by atoms with Gasteiger partial charge in [-0.15, -0.1) is 0 Å². The Hall–Kier alpha value is -0.380. The fourth-order valence-electron chi connectivity index (χ4n) is 2.18. The van der Waals surface area contributed by atoms with Gasteiger partial charge in [-0.2, -0.15) is 0 Å². The quantitative estimate of drug-likeness (QED) is 0.858. The molecule has 16 heavy (non-hydrogen) atoms. The molecule has 0 radical (unpaired) electrons. The number of ether oxygens (including phenoxy) is 1. The maximum absolute atomic E-state index is 9.64. The van der Waals surface area contributed by atoms with E-state index in [4.69, 9.17) is 4.74 Å². The molecular weight excluding hydrogens is 268 g/mol. The van der Waals surface area contributed by atoms with Crippen molar-refractivity contribution in [3.05, 3.63) is 33.3 Å². The van der Waals surface area contributed by atoms with Crippen molar-refractivity contribution in [3.8, 4) is 0 Å². The van der Waals surface area contributed by atoms with Crippen molar-refractivity contribution >= 4 is 15.9 Å². The Kier molecular flexibility index (Phi) is 3.67. The van der Waals surface area contributed by atoms with Crippen LogP contribution in [0.25, 0.3) is 0 Å². The van der Waals surface area contributed by atoms with Crippen LogP contribution >= 0.6 is 15.9 Å². The van der Waals surface area contributed by atoms with E-state index in [0.717, 1.165) is 10.9 Å². The molecule has 1 aliphatic rings. The lowest BCUT2D eigenvalue weighted by Gasteiger charge is -2.27. The highest BCUT2D eigenvalue weighted by Crippen LogP contribution is 2.32. The standard InChI is InChI=1S/C13H17BrO2/c1-8-5-10(6-9(2)13(8)14)12-7-11(15)3-4-16-12/h5-6,11-12,15H,3-4,7H2,1-2H3. The Morgan fingerprint density at radius 2 is 1.94 bits per heavy atom.